The summed E-state index contributed by atoms with van der Waals surface area (Å²) >= 11 is 0. The maximum atomic E-state index is 5.57. The monoisotopic (exact) mass is 205 g/mol. The molecule has 82 valence electrons. The summed E-state index contributed by atoms with van der Waals surface area (Å²) in [7, 11) is 0. The van der Waals surface area contributed by atoms with Crippen LogP contribution in [0, 0.1) is 5.41 Å². The first kappa shape index (κ1) is 10.4. The van der Waals surface area contributed by atoms with Gasteiger partial charge in [0.15, 0.2) is 0 Å². The van der Waals surface area contributed by atoms with Crippen molar-refractivity contribution in [1.29, 1.82) is 0 Å². The summed E-state index contributed by atoms with van der Waals surface area (Å²) in [5.74, 6) is 1.51. The molecule has 0 spiro atoms. The summed E-state index contributed by atoms with van der Waals surface area (Å²) in [5.41, 5.74) is 6.73. The molecular formula is C12H19N3. The summed E-state index contributed by atoms with van der Waals surface area (Å²) in [4.78, 5) is 8.63. The molecule has 1 saturated carbocycles. The average molecular weight is 205 g/mol. The standard InChI is InChI=1S/C12H19N3/c1-12(2)5-3-9(4-6-12)11-14-7-10(13)8-15-11/h7-9H,3-6,13H2,1-2H3. The molecule has 0 radical (unpaired) electrons. The number of nitrogen functional groups attached to an aromatic ring is 1. The number of anilines is 1. The van der Waals surface area contributed by atoms with Crippen LogP contribution in [0.2, 0.25) is 0 Å². The normalized spacial score (nSPS) is 21.5. The third-order valence-electron chi connectivity index (χ3n) is 3.40. The molecule has 1 fully saturated rings. The molecule has 0 unspecified atom stereocenters. The second-order valence-corrected chi connectivity index (χ2v) is 5.31. The predicted octanol–water partition coefficient (Wildman–Crippen LogP) is 2.74. The van der Waals surface area contributed by atoms with E-state index in [2.05, 4.69) is 23.8 Å². The number of aromatic nitrogens is 2. The van der Waals surface area contributed by atoms with Crippen LogP contribution >= 0.6 is 0 Å². The van der Waals surface area contributed by atoms with Crippen LogP contribution in [0.1, 0.15) is 51.3 Å². The molecule has 1 heterocycles. The van der Waals surface area contributed by atoms with Crippen molar-refractivity contribution in [3.8, 4) is 0 Å². The molecule has 0 saturated heterocycles. The van der Waals surface area contributed by atoms with Crippen LogP contribution in [-0.2, 0) is 0 Å². The van der Waals surface area contributed by atoms with E-state index in [4.69, 9.17) is 5.73 Å². The highest BCUT2D eigenvalue weighted by Gasteiger charge is 2.28. The zero-order chi connectivity index (χ0) is 10.9. The van der Waals surface area contributed by atoms with Crippen LogP contribution in [0.3, 0.4) is 0 Å². The molecule has 2 N–H and O–H groups in total. The number of nitrogens with two attached hydrogens (primary N) is 1. The minimum absolute atomic E-state index is 0.504. The lowest BCUT2D eigenvalue weighted by Crippen LogP contribution is -2.21. The molecule has 2 rings (SSSR count). The Kier molecular flexibility index (Phi) is 2.63. The Morgan fingerprint density at radius 2 is 1.73 bits per heavy atom. The van der Waals surface area contributed by atoms with E-state index < -0.39 is 0 Å². The van der Waals surface area contributed by atoms with E-state index in [1.54, 1.807) is 12.4 Å². The first-order valence-corrected chi connectivity index (χ1v) is 5.64. The van der Waals surface area contributed by atoms with Gasteiger partial charge in [0, 0.05) is 5.92 Å². The smallest absolute Gasteiger partial charge is 0.131 e. The lowest BCUT2D eigenvalue weighted by molar-refractivity contribution is 0.221. The summed E-state index contributed by atoms with van der Waals surface area (Å²) in [5, 5.41) is 0. The van der Waals surface area contributed by atoms with E-state index in [1.165, 1.54) is 25.7 Å². The van der Waals surface area contributed by atoms with Gasteiger partial charge >= 0.3 is 0 Å². The highest BCUT2D eigenvalue weighted by atomic mass is 14.9. The van der Waals surface area contributed by atoms with Crippen molar-refractivity contribution in [3.05, 3.63) is 18.2 Å². The fourth-order valence-corrected chi connectivity index (χ4v) is 2.22. The van der Waals surface area contributed by atoms with Gasteiger partial charge in [-0.3, -0.25) is 0 Å². The number of hydrogen-bond acceptors (Lipinski definition) is 3. The zero-order valence-corrected chi connectivity index (χ0v) is 9.53. The van der Waals surface area contributed by atoms with E-state index in [-0.39, 0.29) is 0 Å². The molecule has 0 aromatic carbocycles. The minimum Gasteiger partial charge on any atom is -0.396 e. The van der Waals surface area contributed by atoms with Crippen LogP contribution in [0.15, 0.2) is 12.4 Å². The molecule has 0 aliphatic heterocycles. The van der Waals surface area contributed by atoms with Crippen molar-refractivity contribution in [2.75, 3.05) is 5.73 Å². The Bertz CT molecular complexity index is 319. The highest BCUT2D eigenvalue weighted by Crippen LogP contribution is 2.41. The predicted molar refractivity (Wildman–Crippen MR) is 61.4 cm³/mol. The zero-order valence-electron chi connectivity index (χ0n) is 9.53. The molecule has 1 aliphatic rings. The van der Waals surface area contributed by atoms with Gasteiger partial charge in [-0.2, -0.15) is 0 Å². The van der Waals surface area contributed by atoms with Gasteiger partial charge in [-0.25, -0.2) is 9.97 Å². The van der Waals surface area contributed by atoms with Crippen molar-refractivity contribution in [3.63, 3.8) is 0 Å². The third-order valence-corrected chi connectivity index (χ3v) is 3.40. The largest absolute Gasteiger partial charge is 0.396 e. The van der Waals surface area contributed by atoms with E-state index >= 15 is 0 Å². The first-order valence-electron chi connectivity index (χ1n) is 5.64. The molecule has 15 heavy (non-hydrogen) atoms. The van der Waals surface area contributed by atoms with E-state index in [0.717, 1.165) is 5.82 Å². The average Bonchev–Trinajstić information content (AvgIpc) is 2.20. The van der Waals surface area contributed by atoms with Gasteiger partial charge in [0.05, 0.1) is 18.1 Å². The maximum Gasteiger partial charge on any atom is 0.131 e. The Hall–Kier alpha value is -1.12. The topological polar surface area (TPSA) is 51.8 Å². The third kappa shape index (κ3) is 2.46. The van der Waals surface area contributed by atoms with Crippen molar-refractivity contribution >= 4 is 5.69 Å². The summed E-state index contributed by atoms with van der Waals surface area (Å²) < 4.78 is 0. The Labute approximate surface area is 91.1 Å². The quantitative estimate of drug-likeness (QED) is 0.767. The van der Waals surface area contributed by atoms with Gasteiger partial charge < -0.3 is 5.73 Å². The molecule has 0 atom stereocenters. The summed E-state index contributed by atoms with van der Waals surface area (Å²) in [6.45, 7) is 4.68. The van der Waals surface area contributed by atoms with E-state index in [9.17, 15) is 0 Å². The fourth-order valence-electron chi connectivity index (χ4n) is 2.22. The SMILES string of the molecule is CC1(C)CCC(c2ncc(N)cn2)CC1. The molecule has 3 heteroatoms. The van der Waals surface area contributed by atoms with Gasteiger partial charge in [0.1, 0.15) is 5.82 Å². The lowest BCUT2D eigenvalue weighted by atomic mass is 9.73. The van der Waals surface area contributed by atoms with Gasteiger partial charge in [-0.1, -0.05) is 13.8 Å². The van der Waals surface area contributed by atoms with Crippen LogP contribution in [0.25, 0.3) is 0 Å². The lowest BCUT2D eigenvalue weighted by Gasteiger charge is -2.33. The Morgan fingerprint density at radius 1 is 1.20 bits per heavy atom. The highest BCUT2D eigenvalue weighted by molar-refractivity contribution is 5.30. The second-order valence-electron chi connectivity index (χ2n) is 5.31. The van der Waals surface area contributed by atoms with Crippen molar-refractivity contribution in [1.82, 2.24) is 9.97 Å². The van der Waals surface area contributed by atoms with Gasteiger partial charge in [-0.05, 0) is 31.1 Å². The molecular weight excluding hydrogens is 186 g/mol. The number of nitrogens with zero attached hydrogens (tertiary/aromatic N) is 2. The van der Waals surface area contributed by atoms with Crippen LogP contribution in [0.4, 0.5) is 5.69 Å². The van der Waals surface area contributed by atoms with Crippen LogP contribution < -0.4 is 5.73 Å². The first-order chi connectivity index (χ1) is 7.07. The van der Waals surface area contributed by atoms with Crippen LogP contribution in [-0.4, -0.2) is 9.97 Å². The summed E-state index contributed by atoms with van der Waals surface area (Å²) in [6, 6.07) is 0. The molecule has 3 nitrogen and oxygen atoms in total. The summed E-state index contributed by atoms with van der Waals surface area (Å²) in [6.07, 6.45) is 8.37. The van der Waals surface area contributed by atoms with Gasteiger partial charge in [0.25, 0.3) is 0 Å². The minimum atomic E-state index is 0.504. The van der Waals surface area contributed by atoms with E-state index in [0.29, 0.717) is 17.0 Å². The van der Waals surface area contributed by atoms with Gasteiger partial charge in [-0.15, -0.1) is 0 Å². The Morgan fingerprint density at radius 3 is 2.27 bits per heavy atom. The van der Waals surface area contributed by atoms with Gasteiger partial charge in [0.2, 0.25) is 0 Å². The van der Waals surface area contributed by atoms with Crippen molar-refractivity contribution in [2.24, 2.45) is 5.41 Å². The van der Waals surface area contributed by atoms with Crippen LogP contribution in [0.5, 0.6) is 0 Å². The van der Waals surface area contributed by atoms with Crippen molar-refractivity contribution in [2.45, 2.75) is 45.4 Å². The molecule has 0 amide bonds. The molecule has 1 aliphatic carbocycles. The molecule has 1 aromatic rings. The van der Waals surface area contributed by atoms with Crippen molar-refractivity contribution < 1.29 is 0 Å². The second kappa shape index (κ2) is 3.80. The maximum absolute atomic E-state index is 5.57. The molecule has 1 aromatic heterocycles. The Balaban J connectivity index is 2.04. The number of hydrogen-bond donors (Lipinski definition) is 1. The van der Waals surface area contributed by atoms with E-state index in [1.807, 2.05) is 0 Å². The molecule has 0 bridgehead atoms. The fraction of sp³-hybridized carbons (Fsp3) is 0.667. The number of rotatable bonds is 1.